The number of benzene rings is 1. The van der Waals surface area contributed by atoms with E-state index in [1.807, 2.05) is 13.8 Å². The summed E-state index contributed by atoms with van der Waals surface area (Å²) in [6.07, 6.45) is 0. The summed E-state index contributed by atoms with van der Waals surface area (Å²) in [5, 5.41) is 9.08. The second kappa shape index (κ2) is 5.80. The van der Waals surface area contributed by atoms with Crippen LogP contribution in [0.3, 0.4) is 0 Å². The maximum absolute atomic E-state index is 13.1. The Bertz CT molecular complexity index is 435. The number of nitrogens with zero attached hydrogens (tertiary/aromatic N) is 1. The molecule has 0 spiro atoms. The van der Waals surface area contributed by atoms with Gasteiger partial charge in [-0.2, -0.15) is 0 Å². The molecule has 1 aromatic rings. The minimum Gasteiger partial charge on any atom is -0.481 e. The van der Waals surface area contributed by atoms with Crippen LogP contribution < -0.4 is 4.90 Å². The van der Waals surface area contributed by atoms with Crippen LogP contribution in [0.25, 0.3) is 0 Å². The number of rotatable bonds is 5. The lowest BCUT2D eigenvalue weighted by atomic mass is 9.95. The lowest BCUT2D eigenvalue weighted by Gasteiger charge is -2.25. The van der Waals surface area contributed by atoms with E-state index in [1.165, 1.54) is 6.07 Å². The van der Waals surface area contributed by atoms with Crippen LogP contribution in [-0.4, -0.2) is 24.7 Å². The summed E-state index contributed by atoms with van der Waals surface area (Å²) in [6, 6.07) is 3.53. The third-order valence-corrected chi connectivity index (χ3v) is 2.94. The molecule has 0 fully saturated rings. The van der Waals surface area contributed by atoms with E-state index < -0.39 is 23.5 Å². The molecule has 0 heterocycles. The molecule has 0 aliphatic rings. The molecule has 1 aromatic carbocycles. The summed E-state index contributed by atoms with van der Waals surface area (Å²) in [5.74, 6) is -3.32. The fraction of sp³-hybridized carbons (Fsp3) is 0.462. The zero-order chi connectivity index (χ0) is 13.9. The maximum Gasteiger partial charge on any atom is 0.308 e. The summed E-state index contributed by atoms with van der Waals surface area (Å²) in [6.45, 7) is 3.88. The molecule has 0 amide bonds. The van der Waals surface area contributed by atoms with Gasteiger partial charge in [0.1, 0.15) is 0 Å². The van der Waals surface area contributed by atoms with Crippen LogP contribution in [0.5, 0.6) is 0 Å². The van der Waals surface area contributed by atoms with Crippen LogP contribution in [0.15, 0.2) is 18.2 Å². The predicted octanol–water partition coefficient (Wildman–Crippen LogP) is 2.76. The average Bonchev–Trinajstić information content (AvgIpc) is 2.28. The SMILES string of the molecule is CC(C)C(CN(C)c1ccc(F)c(F)c1)C(=O)O. The first-order valence-electron chi connectivity index (χ1n) is 5.72. The zero-order valence-corrected chi connectivity index (χ0v) is 10.7. The quantitative estimate of drug-likeness (QED) is 0.881. The summed E-state index contributed by atoms with van der Waals surface area (Å²) in [4.78, 5) is 12.7. The number of halogens is 2. The van der Waals surface area contributed by atoms with Gasteiger partial charge in [0.05, 0.1) is 5.92 Å². The lowest BCUT2D eigenvalue weighted by Crippen LogP contribution is -2.33. The van der Waals surface area contributed by atoms with E-state index in [-0.39, 0.29) is 12.5 Å². The Morgan fingerprint density at radius 1 is 1.33 bits per heavy atom. The molecule has 0 aliphatic carbocycles. The van der Waals surface area contributed by atoms with E-state index in [4.69, 9.17) is 5.11 Å². The Labute approximate surface area is 105 Å². The normalized spacial score (nSPS) is 12.6. The fourth-order valence-corrected chi connectivity index (χ4v) is 1.70. The molecule has 0 saturated heterocycles. The first kappa shape index (κ1) is 14.4. The Morgan fingerprint density at radius 3 is 2.39 bits per heavy atom. The summed E-state index contributed by atoms with van der Waals surface area (Å²) >= 11 is 0. The van der Waals surface area contributed by atoms with Gasteiger partial charge >= 0.3 is 5.97 Å². The highest BCUT2D eigenvalue weighted by Gasteiger charge is 2.23. The van der Waals surface area contributed by atoms with E-state index in [0.717, 1.165) is 12.1 Å². The van der Waals surface area contributed by atoms with Crippen molar-refractivity contribution in [1.29, 1.82) is 0 Å². The third-order valence-electron chi connectivity index (χ3n) is 2.94. The van der Waals surface area contributed by atoms with Crippen molar-refractivity contribution in [2.75, 3.05) is 18.5 Å². The van der Waals surface area contributed by atoms with Crippen molar-refractivity contribution in [3.05, 3.63) is 29.8 Å². The van der Waals surface area contributed by atoms with Gasteiger partial charge in [0.15, 0.2) is 11.6 Å². The number of carbonyl (C=O) groups is 1. The van der Waals surface area contributed by atoms with Crippen molar-refractivity contribution in [2.45, 2.75) is 13.8 Å². The van der Waals surface area contributed by atoms with E-state index in [9.17, 15) is 13.6 Å². The molecule has 3 nitrogen and oxygen atoms in total. The van der Waals surface area contributed by atoms with Crippen LogP contribution in [0.4, 0.5) is 14.5 Å². The Hall–Kier alpha value is -1.65. The molecule has 5 heteroatoms. The van der Waals surface area contributed by atoms with Gasteiger partial charge in [-0.3, -0.25) is 4.79 Å². The lowest BCUT2D eigenvalue weighted by molar-refractivity contribution is -0.142. The van der Waals surface area contributed by atoms with E-state index in [1.54, 1.807) is 11.9 Å². The van der Waals surface area contributed by atoms with Gasteiger partial charge in [-0.05, 0) is 18.1 Å². The number of carboxylic acids is 1. The van der Waals surface area contributed by atoms with Gasteiger partial charge in [-0.1, -0.05) is 13.8 Å². The van der Waals surface area contributed by atoms with Gasteiger partial charge in [-0.25, -0.2) is 8.78 Å². The number of anilines is 1. The average molecular weight is 257 g/mol. The molecule has 0 aliphatic heterocycles. The maximum atomic E-state index is 13.1. The Balaban J connectivity index is 2.83. The second-order valence-electron chi connectivity index (χ2n) is 4.67. The van der Waals surface area contributed by atoms with Gasteiger partial charge in [-0.15, -0.1) is 0 Å². The molecule has 18 heavy (non-hydrogen) atoms. The smallest absolute Gasteiger partial charge is 0.308 e. The minimum absolute atomic E-state index is 0.0322. The largest absolute Gasteiger partial charge is 0.481 e. The van der Waals surface area contributed by atoms with Crippen molar-refractivity contribution in [2.24, 2.45) is 11.8 Å². The van der Waals surface area contributed by atoms with E-state index >= 15 is 0 Å². The highest BCUT2D eigenvalue weighted by Crippen LogP contribution is 2.20. The molecule has 0 radical (unpaired) electrons. The van der Waals surface area contributed by atoms with Gasteiger partial charge in [0.25, 0.3) is 0 Å². The molecule has 1 unspecified atom stereocenters. The summed E-state index contributed by atoms with van der Waals surface area (Å²) in [5.41, 5.74) is 0.459. The molecular weight excluding hydrogens is 240 g/mol. The Kier molecular flexibility index (Phi) is 4.64. The molecule has 0 bridgehead atoms. The molecule has 0 aromatic heterocycles. The second-order valence-corrected chi connectivity index (χ2v) is 4.67. The van der Waals surface area contributed by atoms with E-state index in [0.29, 0.717) is 5.69 Å². The van der Waals surface area contributed by atoms with Gasteiger partial charge in [0.2, 0.25) is 0 Å². The summed E-state index contributed by atoms with van der Waals surface area (Å²) < 4.78 is 25.9. The van der Waals surface area contributed by atoms with Gasteiger partial charge in [0, 0.05) is 25.3 Å². The van der Waals surface area contributed by atoms with Gasteiger partial charge < -0.3 is 10.0 Å². The number of carboxylic acid groups (broad SMARTS) is 1. The summed E-state index contributed by atoms with van der Waals surface area (Å²) in [7, 11) is 1.66. The molecule has 100 valence electrons. The highest BCUT2D eigenvalue weighted by atomic mass is 19.2. The monoisotopic (exact) mass is 257 g/mol. The van der Waals surface area contributed by atoms with Crippen LogP contribution in [0.2, 0.25) is 0 Å². The van der Waals surface area contributed by atoms with Crippen molar-refractivity contribution in [3.63, 3.8) is 0 Å². The first-order chi connectivity index (χ1) is 8.32. The molecule has 0 saturated carbocycles. The molecule has 1 N–H and O–H groups in total. The highest BCUT2D eigenvalue weighted by molar-refractivity contribution is 5.71. The molecule has 1 rings (SSSR count). The minimum atomic E-state index is -0.934. The van der Waals surface area contributed by atoms with Crippen molar-refractivity contribution < 1.29 is 18.7 Å². The fourth-order valence-electron chi connectivity index (χ4n) is 1.70. The van der Waals surface area contributed by atoms with Crippen LogP contribution in [0, 0.1) is 23.5 Å². The van der Waals surface area contributed by atoms with Crippen LogP contribution in [-0.2, 0) is 4.79 Å². The van der Waals surface area contributed by atoms with Crippen LogP contribution >= 0.6 is 0 Å². The molecular formula is C13H17F2NO2. The number of hydrogen-bond donors (Lipinski definition) is 1. The topological polar surface area (TPSA) is 40.5 Å². The van der Waals surface area contributed by atoms with Crippen molar-refractivity contribution in [3.8, 4) is 0 Å². The number of aliphatic carboxylic acids is 1. The van der Waals surface area contributed by atoms with E-state index in [2.05, 4.69) is 0 Å². The number of hydrogen-bond acceptors (Lipinski definition) is 2. The van der Waals surface area contributed by atoms with Crippen molar-refractivity contribution >= 4 is 11.7 Å². The standard InChI is InChI=1S/C13H17F2NO2/c1-8(2)10(13(17)18)7-16(3)9-4-5-11(14)12(15)6-9/h4-6,8,10H,7H2,1-3H3,(H,17,18). The third kappa shape index (κ3) is 3.42. The molecule has 1 atom stereocenters. The van der Waals surface area contributed by atoms with Crippen molar-refractivity contribution in [1.82, 2.24) is 0 Å². The first-order valence-corrected chi connectivity index (χ1v) is 5.72. The zero-order valence-electron chi connectivity index (χ0n) is 10.7. The Morgan fingerprint density at radius 2 is 1.94 bits per heavy atom. The predicted molar refractivity (Wildman–Crippen MR) is 65.6 cm³/mol. The van der Waals surface area contributed by atoms with Crippen LogP contribution in [0.1, 0.15) is 13.8 Å².